The highest BCUT2D eigenvalue weighted by Crippen LogP contribution is 2.16. The molecule has 2 heterocycles. The monoisotopic (exact) mass is 265 g/mol. The summed E-state index contributed by atoms with van der Waals surface area (Å²) < 4.78 is 5.24. The number of hydrogen-bond donors (Lipinski definition) is 2. The Balaban J connectivity index is 1.83. The number of carbonyl (C=O) groups is 1. The van der Waals surface area contributed by atoms with Gasteiger partial charge in [-0.15, -0.1) is 11.3 Å². The summed E-state index contributed by atoms with van der Waals surface area (Å²) >= 11 is 1.74. The van der Waals surface area contributed by atoms with Gasteiger partial charge in [0.05, 0.1) is 6.04 Å². The summed E-state index contributed by atoms with van der Waals surface area (Å²) in [5.74, 6) is -0.400. The number of hydrogen-bond acceptors (Lipinski definition) is 4. The number of nitrogens with one attached hydrogen (secondary N) is 1. The average molecular weight is 265 g/mol. The minimum atomic E-state index is -1.04. The molecule has 18 heavy (non-hydrogen) atoms. The number of carboxylic acid groups (broad SMARTS) is 1. The Kier molecular flexibility index (Phi) is 4.17. The second-order valence-corrected chi connectivity index (χ2v) is 5.04. The van der Waals surface area contributed by atoms with E-state index < -0.39 is 5.97 Å². The van der Waals surface area contributed by atoms with Gasteiger partial charge in [0, 0.05) is 11.4 Å². The Morgan fingerprint density at radius 2 is 2.33 bits per heavy atom. The smallest absolute Gasteiger partial charge is 0.371 e. The summed E-state index contributed by atoms with van der Waals surface area (Å²) in [5.41, 5.74) is 0. The first-order chi connectivity index (χ1) is 8.66. The Hall–Kier alpha value is -1.59. The van der Waals surface area contributed by atoms with Crippen LogP contribution in [0.2, 0.25) is 0 Å². The summed E-state index contributed by atoms with van der Waals surface area (Å²) in [7, 11) is 0. The molecule has 0 aliphatic carbocycles. The minimum absolute atomic E-state index is 0.0121. The Morgan fingerprint density at radius 3 is 2.94 bits per heavy atom. The number of rotatable bonds is 6. The fourth-order valence-electron chi connectivity index (χ4n) is 1.67. The Morgan fingerprint density at radius 1 is 1.50 bits per heavy atom. The highest BCUT2D eigenvalue weighted by molar-refractivity contribution is 7.09. The molecular formula is C13H15NO3S. The van der Waals surface area contributed by atoms with Crippen LogP contribution in [-0.2, 0) is 6.42 Å². The van der Waals surface area contributed by atoms with Gasteiger partial charge in [-0.25, -0.2) is 4.79 Å². The van der Waals surface area contributed by atoms with Gasteiger partial charge < -0.3 is 14.8 Å². The molecule has 0 aliphatic rings. The average Bonchev–Trinajstić information content (AvgIpc) is 2.99. The lowest BCUT2D eigenvalue weighted by Gasteiger charge is -2.10. The molecule has 0 aromatic carbocycles. The molecule has 0 aliphatic heterocycles. The number of furan rings is 1. The summed E-state index contributed by atoms with van der Waals surface area (Å²) in [5, 5.41) is 14.1. The molecule has 0 saturated carbocycles. The van der Waals surface area contributed by atoms with Crippen molar-refractivity contribution >= 4 is 17.3 Å². The quantitative estimate of drug-likeness (QED) is 0.843. The zero-order chi connectivity index (χ0) is 13.0. The van der Waals surface area contributed by atoms with Crippen LogP contribution in [0.15, 0.2) is 34.1 Å². The highest BCUT2D eigenvalue weighted by atomic mass is 32.1. The maximum atomic E-state index is 10.7. The van der Waals surface area contributed by atoms with Gasteiger partial charge in [-0.1, -0.05) is 6.07 Å². The van der Waals surface area contributed by atoms with E-state index in [-0.39, 0.29) is 11.8 Å². The van der Waals surface area contributed by atoms with Gasteiger partial charge in [0.2, 0.25) is 5.76 Å². The third kappa shape index (κ3) is 3.21. The molecule has 0 spiro atoms. The molecule has 0 amide bonds. The third-order valence-electron chi connectivity index (χ3n) is 2.67. The summed E-state index contributed by atoms with van der Waals surface area (Å²) in [6.45, 7) is 2.80. The van der Waals surface area contributed by atoms with Crippen LogP contribution in [0.1, 0.15) is 34.2 Å². The van der Waals surface area contributed by atoms with Crippen molar-refractivity contribution in [3.63, 3.8) is 0 Å². The van der Waals surface area contributed by atoms with Gasteiger partial charge in [0.1, 0.15) is 5.76 Å². The first-order valence-electron chi connectivity index (χ1n) is 5.75. The van der Waals surface area contributed by atoms with Crippen LogP contribution in [-0.4, -0.2) is 17.6 Å². The normalized spacial score (nSPS) is 12.5. The van der Waals surface area contributed by atoms with Crippen molar-refractivity contribution in [1.29, 1.82) is 0 Å². The number of aromatic carboxylic acids is 1. The predicted molar refractivity (Wildman–Crippen MR) is 70.1 cm³/mol. The molecule has 96 valence electrons. The van der Waals surface area contributed by atoms with Gasteiger partial charge in [-0.3, -0.25) is 0 Å². The van der Waals surface area contributed by atoms with E-state index in [1.807, 2.05) is 13.0 Å². The standard InChI is InChI=1S/C13H15NO3S/c1-9(11-4-5-12(17-11)13(15)16)14-7-6-10-3-2-8-18-10/h2-5,8-9,14H,6-7H2,1H3,(H,15,16). The van der Waals surface area contributed by atoms with E-state index in [4.69, 9.17) is 9.52 Å². The van der Waals surface area contributed by atoms with Crippen LogP contribution in [0.25, 0.3) is 0 Å². The van der Waals surface area contributed by atoms with E-state index in [2.05, 4.69) is 16.8 Å². The third-order valence-corrected chi connectivity index (χ3v) is 3.60. The first kappa shape index (κ1) is 12.9. The maximum Gasteiger partial charge on any atom is 0.371 e. The van der Waals surface area contributed by atoms with Crippen molar-refractivity contribution in [1.82, 2.24) is 5.32 Å². The van der Waals surface area contributed by atoms with E-state index in [0.717, 1.165) is 13.0 Å². The minimum Gasteiger partial charge on any atom is -0.475 e. The van der Waals surface area contributed by atoms with Gasteiger partial charge in [-0.05, 0) is 36.9 Å². The van der Waals surface area contributed by atoms with E-state index >= 15 is 0 Å². The Bertz CT molecular complexity index is 504. The topological polar surface area (TPSA) is 62.5 Å². The number of carboxylic acids is 1. The van der Waals surface area contributed by atoms with E-state index in [0.29, 0.717) is 5.76 Å². The Labute approximate surface area is 109 Å². The van der Waals surface area contributed by atoms with E-state index in [1.165, 1.54) is 10.9 Å². The van der Waals surface area contributed by atoms with Crippen LogP contribution in [0.4, 0.5) is 0 Å². The van der Waals surface area contributed by atoms with Crippen LogP contribution >= 0.6 is 11.3 Å². The van der Waals surface area contributed by atoms with Gasteiger partial charge in [0.25, 0.3) is 0 Å². The molecule has 0 radical (unpaired) electrons. The molecule has 0 fully saturated rings. The first-order valence-corrected chi connectivity index (χ1v) is 6.63. The molecule has 0 bridgehead atoms. The second kappa shape index (κ2) is 5.84. The molecule has 0 saturated heterocycles. The molecule has 2 aromatic heterocycles. The van der Waals surface area contributed by atoms with Gasteiger partial charge >= 0.3 is 5.97 Å². The molecule has 1 unspecified atom stereocenters. The zero-order valence-electron chi connectivity index (χ0n) is 10.1. The second-order valence-electron chi connectivity index (χ2n) is 4.01. The van der Waals surface area contributed by atoms with Crippen LogP contribution in [0, 0.1) is 0 Å². The number of thiophene rings is 1. The van der Waals surface area contributed by atoms with Crippen molar-refractivity contribution in [2.45, 2.75) is 19.4 Å². The molecule has 1 atom stereocenters. The molecular weight excluding hydrogens is 250 g/mol. The largest absolute Gasteiger partial charge is 0.475 e. The van der Waals surface area contributed by atoms with Crippen molar-refractivity contribution in [3.8, 4) is 0 Å². The summed E-state index contributed by atoms with van der Waals surface area (Å²) in [6, 6.07) is 7.33. The predicted octanol–water partition coefficient (Wildman–Crippen LogP) is 2.93. The van der Waals surface area contributed by atoms with Crippen LogP contribution in [0.3, 0.4) is 0 Å². The molecule has 4 nitrogen and oxygen atoms in total. The molecule has 2 N–H and O–H groups in total. The molecule has 2 rings (SSSR count). The van der Waals surface area contributed by atoms with Gasteiger partial charge in [0.15, 0.2) is 0 Å². The SMILES string of the molecule is CC(NCCc1cccs1)c1ccc(C(=O)O)o1. The lowest BCUT2D eigenvalue weighted by atomic mass is 10.2. The fraction of sp³-hybridized carbons (Fsp3) is 0.308. The fourth-order valence-corrected chi connectivity index (χ4v) is 2.38. The van der Waals surface area contributed by atoms with Crippen molar-refractivity contribution in [2.24, 2.45) is 0 Å². The van der Waals surface area contributed by atoms with Gasteiger partial charge in [-0.2, -0.15) is 0 Å². The summed E-state index contributed by atoms with van der Waals surface area (Å²) in [6.07, 6.45) is 0.967. The van der Waals surface area contributed by atoms with Crippen molar-refractivity contribution < 1.29 is 14.3 Å². The van der Waals surface area contributed by atoms with Crippen LogP contribution in [0.5, 0.6) is 0 Å². The van der Waals surface area contributed by atoms with E-state index in [1.54, 1.807) is 17.4 Å². The van der Waals surface area contributed by atoms with E-state index in [9.17, 15) is 4.79 Å². The lowest BCUT2D eigenvalue weighted by molar-refractivity contribution is 0.0659. The highest BCUT2D eigenvalue weighted by Gasteiger charge is 2.13. The van der Waals surface area contributed by atoms with Crippen molar-refractivity contribution in [3.05, 3.63) is 46.0 Å². The molecule has 5 heteroatoms. The summed E-state index contributed by atoms with van der Waals surface area (Å²) in [4.78, 5) is 12.0. The van der Waals surface area contributed by atoms with Crippen molar-refractivity contribution in [2.75, 3.05) is 6.54 Å². The zero-order valence-corrected chi connectivity index (χ0v) is 10.9. The lowest BCUT2D eigenvalue weighted by Crippen LogP contribution is -2.20. The molecule has 2 aromatic rings. The maximum absolute atomic E-state index is 10.7. The van der Waals surface area contributed by atoms with Crippen LogP contribution < -0.4 is 5.32 Å².